The second kappa shape index (κ2) is 7.36. The Bertz CT molecular complexity index is 1380. The minimum Gasteiger partial charge on any atom is -0.502 e. The maximum Gasteiger partial charge on any atom is 0.379 e. The van der Waals surface area contributed by atoms with Gasteiger partial charge in [0.1, 0.15) is 11.3 Å². The lowest BCUT2D eigenvalue weighted by Crippen LogP contribution is -2.09. The number of hydrogen-bond acceptors (Lipinski definition) is 9. The summed E-state index contributed by atoms with van der Waals surface area (Å²) in [6.07, 6.45) is 0. The largest absolute Gasteiger partial charge is 0.502 e. The van der Waals surface area contributed by atoms with E-state index < -0.39 is 11.3 Å². The van der Waals surface area contributed by atoms with Gasteiger partial charge in [0.25, 0.3) is 0 Å². The van der Waals surface area contributed by atoms with Gasteiger partial charge >= 0.3 is 11.3 Å². The van der Waals surface area contributed by atoms with Crippen molar-refractivity contribution in [1.82, 2.24) is 0 Å². The van der Waals surface area contributed by atoms with Crippen LogP contribution in [0.15, 0.2) is 54.8 Å². The monoisotopic (exact) mass is 412 g/mol. The maximum atomic E-state index is 12.4. The summed E-state index contributed by atoms with van der Waals surface area (Å²) in [6, 6.07) is 9.13. The highest BCUT2D eigenvalue weighted by atomic mass is 16.5. The molecule has 2 aromatic carbocycles. The SMILES string of the molecule is COc1ccc2oc(=O)c(Oc3cc4cc(OC)c(O)c(OC)c4oc3=O)cc2c1. The number of methoxy groups -OCH3 is 3. The van der Waals surface area contributed by atoms with Crippen LogP contribution in [0.5, 0.6) is 34.5 Å². The van der Waals surface area contributed by atoms with Gasteiger partial charge in [-0.2, -0.15) is 0 Å². The van der Waals surface area contributed by atoms with Crippen molar-refractivity contribution in [2.75, 3.05) is 21.3 Å². The van der Waals surface area contributed by atoms with Gasteiger partial charge in [0, 0.05) is 10.8 Å². The Hall–Kier alpha value is -4.14. The van der Waals surface area contributed by atoms with Gasteiger partial charge in [-0.15, -0.1) is 0 Å². The van der Waals surface area contributed by atoms with Crippen LogP contribution in [0.1, 0.15) is 0 Å². The van der Waals surface area contributed by atoms with Crippen molar-refractivity contribution in [3.8, 4) is 34.5 Å². The van der Waals surface area contributed by atoms with E-state index in [4.69, 9.17) is 27.8 Å². The molecule has 4 aromatic rings. The van der Waals surface area contributed by atoms with E-state index in [9.17, 15) is 14.7 Å². The molecule has 0 bridgehead atoms. The lowest BCUT2D eigenvalue weighted by atomic mass is 10.2. The van der Waals surface area contributed by atoms with Crippen molar-refractivity contribution in [3.63, 3.8) is 0 Å². The Morgan fingerprint density at radius 3 is 2.10 bits per heavy atom. The predicted molar refractivity (Wildman–Crippen MR) is 106 cm³/mol. The molecule has 0 aliphatic carbocycles. The van der Waals surface area contributed by atoms with Crippen LogP contribution in [0.4, 0.5) is 0 Å². The van der Waals surface area contributed by atoms with E-state index in [1.807, 2.05) is 0 Å². The molecular weight excluding hydrogens is 396 g/mol. The van der Waals surface area contributed by atoms with Crippen molar-refractivity contribution in [1.29, 1.82) is 0 Å². The van der Waals surface area contributed by atoms with Crippen molar-refractivity contribution in [3.05, 3.63) is 57.2 Å². The number of phenols is 1. The summed E-state index contributed by atoms with van der Waals surface area (Å²) in [4.78, 5) is 24.7. The molecule has 4 rings (SSSR count). The molecule has 0 atom stereocenters. The average Bonchev–Trinajstić information content (AvgIpc) is 2.74. The summed E-state index contributed by atoms with van der Waals surface area (Å²) < 4.78 is 31.4. The number of aromatic hydroxyl groups is 1. The van der Waals surface area contributed by atoms with Crippen LogP contribution in [0.2, 0.25) is 0 Å². The molecule has 0 saturated carbocycles. The molecule has 30 heavy (non-hydrogen) atoms. The Balaban J connectivity index is 1.85. The molecule has 2 heterocycles. The highest BCUT2D eigenvalue weighted by Gasteiger charge is 2.20. The van der Waals surface area contributed by atoms with Crippen molar-refractivity contribution >= 4 is 21.9 Å². The van der Waals surface area contributed by atoms with Crippen molar-refractivity contribution < 1.29 is 32.9 Å². The van der Waals surface area contributed by atoms with E-state index in [2.05, 4.69) is 0 Å². The van der Waals surface area contributed by atoms with E-state index >= 15 is 0 Å². The quantitative estimate of drug-likeness (QED) is 0.492. The lowest BCUT2D eigenvalue weighted by Gasteiger charge is -2.11. The van der Waals surface area contributed by atoms with E-state index in [-0.39, 0.29) is 34.3 Å². The molecule has 0 fully saturated rings. The molecule has 0 amide bonds. The molecule has 0 radical (unpaired) electrons. The van der Waals surface area contributed by atoms with Gasteiger partial charge in [-0.05, 0) is 36.4 Å². The fourth-order valence-corrected chi connectivity index (χ4v) is 3.00. The van der Waals surface area contributed by atoms with E-state index in [0.717, 1.165) is 0 Å². The molecule has 0 aliphatic heterocycles. The zero-order valence-electron chi connectivity index (χ0n) is 16.2. The van der Waals surface area contributed by atoms with Gasteiger partial charge in [-0.1, -0.05) is 0 Å². The van der Waals surface area contributed by atoms with Crippen LogP contribution in [0.25, 0.3) is 21.9 Å². The summed E-state index contributed by atoms with van der Waals surface area (Å²) in [5.74, 6) is -0.173. The zero-order chi connectivity index (χ0) is 21.4. The van der Waals surface area contributed by atoms with Crippen LogP contribution < -0.4 is 30.2 Å². The highest BCUT2D eigenvalue weighted by molar-refractivity contribution is 5.88. The normalized spacial score (nSPS) is 10.9. The van der Waals surface area contributed by atoms with E-state index in [0.29, 0.717) is 22.1 Å². The Kier molecular flexibility index (Phi) is 4.71. The third-order valence-corrected chi connectivity index (χ3v) is 4.44. The summed E-state index contributed by atoms with van der Waals surface area (Å²) in [6.45, 7) is 0. The number of hydrogen-bond donors (Lipinski definition) is 1. The fraction of sp³-hybridized carbons (Fsp3) is 0.143. The Labute approximate surface area is 168 Å². The molecular formula is C21H16O9. The zero-order valence-corrected chi connectivity index (χ0v) is 16.2. The van der Waals surface area contributed by atoms with E-state index in [1.54, 1.807) is 18.2 Å². The third-order valence-electron chi connectivity index (χ3n) is 4.44. The van der Waals surface area contributed by atoms with Crippen LogP contribution in [0, 0.1) is 0 Å². The highest BCUT2D eigenvalue weighted by Crippen LogP contribution is 2.42. The number of phenolic OH excluding ortho intramolecular Hbond substituents is 1. The molecule has 1 N–H and O–H groups in total. The average molecular weight is 412 g/mol. The molecule has 0 aliphatic rings. The topological polar surface area (TPSA) is 118 Å². The number of benzene rings is 2. The Morgan fingerprint density at radius 2 is 1.43 bits per heavy atom. The molecule has 154 valence electrons. The number of ether oxygens (including phenoxy) is 4. The number of fused-ring (bicyclic) bond motifs is 2. The lowest BCUT2D eigenvalue weighted by molar-refractivity contribution is 0.337. The van der Waals surface area contributed by atoms with Gasteiger partial charge in [0.2, 0.25) is 23.0 Å². The molecule has 0 saturated heterocycles. The minimum atomic E-state index is -0.879. The van der Waals surface area contributed by atoms with Crippen molar-refractivity contribution in [2.45, 2.75) is 0 Å². The van der Waals surface area contributed by atoms with Crippen LogP contribution in [0.3, 0.4) is 0 Å². The fourth-order valence-electron chi connectivity index (χ4n) is 3.00. The molecule has 2 aromatic heterocycles. The Morgan fingerprint density at radius 1 is 0.767 bits per heavy atom. The van der Waals surface area contributed by atoms with Crippen LogP contribution in [-0.2, 0) is 0 Å². The summed E-state index contributed by atoms with van der Waals surface area (Å²) in [5.41, 5.74) is -1.31. The van der Waals surface area contributed by atoms with Crippen molar-refractivity contribution in [2.24, 2.45) is 0 Å². The van der Waals surface area contributed by atoms with Crippen LogP contribution in [-0.4, -0.2) is 26.4 Å². The van der Waals surface area contributed by atoms with Gasteiger partial charge in [0.15, 0.2) is 11.3 Å². The van der Waals surface area contributed by atoms with Gasteiger partial charge in [0.05, 0.1) is 21.3 Å². The smallest absolute Gasteiger partial charge is 0.379 e. The summed E-state index contributed by atoms with van der Waals surface area (Å²) in [7, 11) is 4.19. The molecule has 9 heteroatoms. The van der Waals surface area contributed by atoms with Gasteiger partial charge < -0.3 is 32.9 Å². The molecule has 9 nitrogen and oxygen atoms in total. The summed E-state index contributed by atoms with van der Waals surface area (Å²) in [5, 5.41) is 11.0. The summed E-state index contributed by atoms with van der Waals surface area (Å²) >= 11 is 0. The molecule has 0 spiro atoms. The van der Waals surface area contributed by atoms with E-state index in [1.165, 1.54) is 39.5 Å². The van der Waals surface area contributed by atoms with Gasteiger partial charge in [-0.3, -0.25) is 0 Å². The minimum absolute atomic E-state index is 0.00318. The van der Waals surface area contributed by atoms with Gasteiger partial charge in [-0.25, -0.2) is 9.59 Å². The van der Waals surface area contributed by atoms with Crippen LogP contribution >= 0.6 is 0 Å². The first-order valence-corrected chi connectivity index (χ1v) is 8.66. The second-order valence-corrected chi connectivity index (χ2v) is 6.18. The first kappa shape index (κ1) is 19.2. The predicted octanol–water partition coefficient (Wildman–Crippen LogP) is 3.42. The second-order valence-electron chi connectivity index (χ2n) is 6.18. The number of rotatable bonds is 5. The molecule has 0 unspecified atom stereocenters. The first-order chi connectivity index (χ1) is 14.4. The standard InChI is InChI=1S/C21H16O9/c1-25-12-4-5-13-10(6-12)7-15(20(23)29-13)28-16-9-11-8-14(26-2)17(22)19(27-3)18(11)30-21(16)24/h4-9,22H,1-3H3. The third kappa shape index (κ3) is 3.16. The maximum absolute atomic E-state index is 12.4. The first-order valence-electron chi connectivity index (χ1n) is 8.66.